The highest BCUT2D eigenvalue weighted by Gasteiger charge is 2.19. The normalized spacial score (nSPS) is 15.6. The Bertz CT molecular complexity index is 1010. The van der Waals surface area contributed by atoms with Crippen molar-refractivity contribution in [2.75, 3.05) is 39.3 Å². The van der Waals surface area contributed by atoms with Gasteiger partial charge in [0, 0.05) is 58.4 Å². The van der Waals surface area contributed by atoms with Crippen LogP contribution < -0.4 is 5.32 Å². The van der Waals surface area contributed by atoms with Crippen LogP contribution in [-0.4, -0.2) is 69.6 Å². The summed E-state index contributed by atoms with van der Waals surface area (Å²) in [7, 11) is 0. The summed E-state index contributed by atoms with van der Waals surface area (Å²) in [6, 6.07) is 15.1. The van der Waals surface area contributed by atoms with Crippen LogP contribution in [0.5, 0.6) is 0 Å². The van der Waals surface area contributed by atoms with Gasteiger partial charge in [-0.15, -0.1) is 10.2 Å². The molecule has 0 atom stereocenters. The smallest absolute Gasteiger partial charge is 0.194 e. The van der Waals surface area contributed by atoms with Crippen LogP contribution >= 0.6 is 0 Å². The Hall–Kier alpha value is -2.93. The number of aliphatic imine (C=N–C) groups is 1. The maximum absolute atomic E-state index is 4.89. The summed E-state index contributed by atoms with van der Waals surface area (Å²) in [6.45, 7) is 13.3. The molecule has 0 unspecified atom stereocenters. The maximum Gasteiger partial charge on any atom is 0.194 e. The summed E-state index contributed by atoms with van der Waals surface area (Å²) < 4.78 is 2.04. The number of fused-ring (bicyclic) bond motifs is 1. The number of hydrogen-bond donors (Lipinski definition) is 1. The molecule has 2 aromatic heterocycles. The molecule has 0 radical (unpaired) electrons. The Balaban J connectivity index is 1.30. The number of nitrogens with one attached hydrogen (secondary N) is 1. The monoisotopic (exact) mass is 433 g/mol. The van der Waals surface area contributed by atoms with Crippen molar-refractivity contribution in [1.29, 1.82) is 0 Å². The number of pyridine rings is 1. The van der Waals surface area contributed by atoms with Gasteiger partial charge in [0.15, 0.2) is 11.6 Å². The fraction of sp³-hybridized carbons (Fsp3) is 0.480. The molecule has 1 saturated heterocycles. The third-order valence-electron chi connectivity index (χ3n) is 6.04. The molecular weight excluding hydrogens is 398 g/mol. The number of benzene rings is 1. The quantitative estimate of drug-likeness (QED) is 0.458. The number of rotatable bonds is 7. The van der Waals surface area contributed by atoms with Gasteiger partial charge in [-0.2, -0.15) is 0 Å². The average molecular weight is 434 g/mol. The van der Waals surface area contributed by atoms with Gasteiger partial charge in [0.05, 0.1) is 0 Å². The van der Waals surface area contributed by atoms with E-state index in [1.165, 1.54) is 11.1 Å². The van der Waals surface area contributed by atoms with Crippen LogP contribution in [-0.2, 0) is 13.0 Å². The summed E-state index contributed by atoms with van der Waals surface area (Å²) in [6.07, 6.45) is 2.78. The van der Waals surface area contributed by atoms with Gasteiger partial charge < -0.3 is 10.2 Å². The fourth-order valence-corrected chi connectivity index (χ4v) is 4.13. The lowest BCUT2D eigenvalue weighted by molar-refractivity contribution is 0.172. The largest absolute Gasteiger partial charge is 0.357 e. The van der Waals surface area contributed by atoms with Crippen molar-refractivity contribution in [3.05, 3.63) is 65.6 Å². The highest BCUT2D eigenvalue weighted by molar-refractivity contribution is 5.80. The van der Waals surface area contributed by atoms with Crippen molar-refractivity contribution in [2.45, 2.75) is 39.7 Å². The lowest BCUT2D eigenvalue weighted by atomic mass is 10.0. The van der Waals surface area contributed by atoms with E-state index in [0.717, 1.165) is 63.1 Å². The molecule has 170 valence electrons. The molecule has 32 heavy (non-hydrogen) atoms. The lowest BCUT2D eigenvalue weighted by Gasteiger charge is -2.36. The van der Waals surface area contributed by atoms with Crippen LogP contribution in [0, 0.1) is 0 Å². The van der Waals surface area contributed by atoms with Crippen LogP contribution in [0.2, 0.25) is 0 Å². The zero-order valence-electron chi connectivity index (χ0n) is 19.5. The molecule has 3 heterocycles. The Kier molecular flexibility index (Phi) is 7.37. The standard InChI is InChI=1S/C25H35N7/c1-4-26-25(27-13-12-24-29-28-23-7-5-6-14-32(23)24)31-17-15-30(16-18-31)19-21-8-10-22(11-9-21)20(2)3/h5-11,14,20H,4,12-13,15-19H2,1-3H3,(H,26,27). The minimum atomic E-state index is 0.583. The summed E-state index contributed by atoms with van der Waals surface area (Å²) in [4.78, 5) is 9.80. The van der Waals surface area contributed by atoms with E-state index in [1.54, 1.807) is 0 Å². The summed E-state index contributed by atoms with van der Waals surface area (Å²) in [5.74, 6) is 2.54. The highest BCUT2D eigenvalue weighted by atomic mass is 15.3. The van der Waals surface area contributed by atoms with Crippen molar-refractivity contribution >= 4 is 11.6 Å². The number of hydrogen-bond acceptors (Lipinski definition) is 4. The molecule has 4 rings (SSSR count). The molecule has 1 aliphatic rings. The fourth-order valence-electron chi connectivity index (χ4n) is 4.13. The average Bonchev–Trinajstić information content (AvgIpc) is 3.23. The molecule has 0 spiro atoms. The first-order chi connectivity index (χ1) is 15.6. The Morgan fingerprint density at radius 3 is 2.53 bits per heavy atom. The first-order valence-electron chi connectivity index (χ1n) is 11.8. The number of aromatic nitrogens is 3. The molecule has 1 fully saturated rings. The third-order valence-corrected chi connectivity index (χ3v) is 6.04. The molecule has 0 aliphatic carbocycles. The minimum absolute atomic E-state index is 0.583. The van der Waals surface area contributed by atoms with Crippen molar-refractivity contribution in [3.63, 3.8) is 0 Å². The van der Waals surface area contributed by atoms with Crippen molar-refractivity contribution in [3.8, 4) is 0 Å². The van der Waals surface area contributed by atoms with Gasteiger partial charge in [0.1, 0.15) is 5.82 Å². The Morgan fingerprint density at radius 1 is 1.03 bits per heavy atom. The van der Waals surface area contributed by atoms with Gasteiger partial charge in [0.25, 0.3) is 0 Å². The first kappa shape index (κ1) is 22.3. The van der Waals surface area contributed by atoms with E-state index in [9.17, 15) is 0 Å². The van der Waals surface area contributed by atoms with Crippen LogP contribution in [0.3, 0.4) is 0 Å². The van der Waals surface area contributed by atoms with Crippen molar-refractivity contribution in [2.24, 2.45) is 4.99 Å². The highest BCUT2D eigenvalue weighted by Crippen LogP contribution is 2.16. The topological polar surface area (TPSA) is 61.1 Å². The summed E-state index contributed by atoms with van der Waals surface area (Å²) in [5, 5.41) is 12.0. The lowest BCUT2D eigenvalue weighted by Crippen LogP contribution is -2.52. The van der Waals surface area contributed by atoms with Gasteiger partial charge in [-0.25, -0.2) is 0 Å². The van der Waals surface area contributed by atoms with Crippen LogP contribution in [0.25, 0.3) is 5.65 Å². The second-order valence-electron chi connectivity index (χ2n) is 8.69. The molecule has 1 N–H and O–H groups in total. The zero-order chi connectivity index (χ0) is 22.3. The second-order valence-corrected chi connectivity index (χ2v) is 8.69. The van der Waals surface area contributed by atoms with Crippen molar-refractivity contribution < 1.29 is 0 Å². The van der Waals surface area contributed by atoms with E-state index in [4.69, 9.17) is 4.99 Å². The van der Waals surface area contributed by atoms with E-state index in [0.29, 0.717) is 12.5 Å². The maximum atomic E-state index is 4.89. The molecule has 0 bridgehead atoms. The second kappa shape index (κ2) is 10.6. The van der Waals surface area contributed by atoms with Gasteiger partial charge >= 0.3 is 0 Å². The molecule has 7 nitrogen and oxygen atoms in total. The van der Waals surface area contributed by atoms with Crippen LogP contribution in [0.1, 0.15) is 43.6 Å². The van der Waals surface area contributed by atoms with Gasteiger partial charge in [-0.05, 0) is 36.1 Å². The molecule has 1 aliphatic heterocycles. The molecule has 3 aromatic rings. The van der Waals surface area contributed by atoms with E-state index < -0.39 is 0 Å². The predicted octanol–water partition coefficient (Wildman–Crippen LogP) is 3.18. The van der Waals surface area contributed by atoms with Crippen molar-refractivity contribution in [1.82, 2.24) is 29.7 Å². The molecule has 0 amide bonds. The Morgan fingerprint density at radius 2 is 1.81 bits per heavy atom. The van der Waals surface area contributed by atoms with Gasteiger partial charge in [0.2, 0.25) is 0 Å². The third kappa shape index (κ3) is 5.46. The summed E-state index contributed by atoms with van der Waals surface area (Å²) >= 11 is 0. The summed E-state index contributed by atoms with van der Waals surface area (Å²) in [5.41, 5.74) is 3.68. The Labute approximate surface area is 191 Å². The number of nitrogens with zero attached hydrogens (tertiary/aromatic N) is 6. The molecule has 0 saturated carbocycles. The zero-order valence-corrected chi connectivity index (χ0v) is 19.5. The van der Waals surface area contributed by atoms with E-state index in [1.807, 2.05) is 28.8 Å². The van der Waals surface area contributed by atoms with Gasteiger partial charge in [-0.1, -0.05) is 44.2 Å². The van der Waals surface area contributed by atoms with Gasteiger partial charge in [-0.3, -0.25) is 14.3 Å². The van der Waals surface area contributed by atoms with Crippen LogP contribution in [0.4, 0.5) is 0 Å². The number of piperazine rings is 1. The SMILES string of the molecule is CCNC(=NCCc1nnc2ccccn12)N1CCN(Cc2ccc(C(C)C)cc2)CC1. The number of guanidine groups is 1. The van der Waals surface area contributed by atoms with E-state index >= 15 is 0 Å². The first-order valence-corrected chi connectivity index (χ1v) is 11.8. The molecule has 7 heteroatoms. The van der Waals surface area contributed by atoms with Crippen LogP contribution in [0.15, 0.2) is 53.7 Å². The molecule has 1 aromatic carbocycles. The minimum Gasteiger partial charge on any atom is -0.357 e. The predicted molar refractivity (Wildman–Crippen MR) is 130 cm³/mol. The van der Waals surface area contributed by atoms with E-state index in [2.05, 4.69) is 70.4 Å². The molecular formula is C25H35N7. The van der Waals surface area contributed by atoms with E-state index in [-0.39, 0.29) is 0 Å².